The average Bonchev–Trinajstić information content (AvgIpc) is 3.22. The molecule has 0 unspecified atom stereocenters. The molecule has 3 heterocycles. The first kappa shape index (κ1) is 22.0. The maximum Gasteiger partial charge on any atom is 0.321 e. The average molecular weight is 459 g/mol. The summed E-state index contributed by atoms with van der Waals surface area (Å²) in [5.41, 5.74) is 4.17. The number of hydrogen-bond acceptors (Lipinski definition) is 4. The summed E-state index contributed by atoms with van der Waals surface area (Å²) in [6.45, 7) is 5.36. The molecule has 0 atom stereocenters. The van der Waals surface area contributed by atoms with Gasteiger partial charge in [0.25, 0.3) is 0 Å². The standard InChI is InChI=1S/C26H27FN6O/c1-2-19-7-3-4-10-22(19)30-26(34)32-15-13-31(14-16-32)18-24-29-23-11-6-12-28-25(23)33(24)21-9-5-8-20(27)17-21/h3-12,17H,2,13-16,18H2,1H3,(H,30,34). The number of aromatic nitrogens is 3. The molecule has 0 aliphatic carbocycles. The molecule has 1 aliphatic rings. The Balaban J connectivity index is 1.29. The van der Waals surface area contributed by atoms with E-state index >= 15 is 0 Å². The Hall–Kier alpha value is -3.78. The van der Waals surface area contributed by atoms with E-state index in [0.717, 1.165) is 42.1 Å². The minimum Gasteiger partial charge on any atom is -0.322 e. The zero-order chi connectivity index (χ0) is 23.5. The van der Waals surface area contributed by atoms with E-state index in [1.54, 1.807) is 12.3 Å². The molecule has 1 fully saturated rings. The molecule has 0 bridgehead atoms. The van der Waals surface area contributed by atoms with E-state index in [2.05, 4.69) is 22.1 Å². The summed E-state index contributed by atoms with van der Waals surface area (Å²) in [5, 5.41) is 3.06. The first-order chi connectivity index (χ1) is 16.6. The number of pyridine rings is 1. The molecule has 1 N–H and O–H groups in total. The number of nitrogens with one attached hydrogen (secondary N) is 1. The Kier molecular flexibility index (Phi) is 6.22. The molecule has 2 aromatic heterocycles. The van der Waals surface area contributed by atoms with Crippen LogP contribution in [0.15, 0.2) is 66.9 Å². The monoisotopic (exact) mass is 458 g/mol. The lowest BCUT2D eigenvalue weighted by molar-refractivity contribution is 0.140. The van der Waals surface area contributed by atoms with E-state index in [1.165, 1.54) is 12.1 Å². The van der Waals surface area contributed by atoms with Crippen molar-refractivity contribution in [1.82, 2.24) is 24.3 Å². The molecular weight excluding hydrogens is 431 g/mol. The van der Waals surface area contributed by atoms with Crippen LogP contribution in [0.2, 0.25) is 0 Å². The number of anilines is 1. The zero-order valence-electron chi connectivity index (χ0n) is 19.1. The van der Waals surface area contributed by atoms with E-state index in [1.807, 2.05) is 51.9 Å². The van der Waals surface area contributed by atoms with Gasteiger partial charge < -0.3 is 10.2 Å². The number of imidazole rings is 1. The molecular formula is C26H27FN6O. The van der Waals surface area contributed by atoms with Crippen LogP contribution in [0.4, 0.5) is 14.9 Å². The molecule has 0 spiro atoms. The predicted octanol–water partition coefficient (Wildman–Crippen LogP) is 4.47. The van der Waals surface area contributed by atoms with Crippen molar-refractivity contribution in [2.75, 3.05) is 31.5 Å². The lowest BCUT2D eigenvalue weighted by Crippen LogP contribution is -2.49. The molecule has 174 valence electrons. The van der Waals surface area contributed by atoms with Crippen LogP contribution in [0.25, 0.3) is 16.9 Å². The highest BCUT2D eigenvalue weighted by molar-refractivity contribution is 5.90. The van der Waals surface area contributed by atoms with Crippen LogP contribution < -0.4 is 5.32 Å². The van der Waals surface area contributed by atoms with E-state index in [-0.39, 0.29) is 11.8 Å². The van der Waals surface area contributed by atoms with Gasteiger partial charge in [-0.15, -0.1) is 0 Å². The van der Waals surface area contributed by atoms with Gasteiger partial charge in [0.2, 0.25) is 0 Å². The van der Waals surface area contributed by atoms with Crippen molar-refractivity contribution in [3.05, 3.63) is 84.1 Å². The largest absolute Gasteiger partial charge is 0.322 e. The van der Waals surface area contributed by atoms with Gasteiger partial charge in [-0.1, -0.05) is 31.2 Å². The number of amides is 2. The number of nitrogens with zero attached hydrogens (tertiary/aromatic N) is 5. The van der Waals surface area contributed by atoms with Gasteiger partial charge in [0, 0.05) is 38.1 Å². The molecule has 4 aromatic rings. The third-order valence-electron chi connectivity index (χ3n) is 6.22. The molecule has 8 heteroatoms. The fourth-order valence-electron chi connectivity index (χ4n) is 4.41. The SMILES string of the molecule is CCc1ccccc1NC(=O)N1CCN(Cc2nc3cccnc3n2-c2cccc(F)c2)CC1. The number of benzene rings is 2. The molecule has 2 aromatic carbocycles. The molecule has 1 aliphatic heterocycles. The Morgan fingerprint density at radius 2 is 1.85 bits per heavy atom. The van der Waals surface area contributed by atoms with E-state index in [4.69, 9.17) is 4.98 Å². The minimum absolute atomic E-state index is 0.0725. The van der Waals surface area contributed by atoms with Crippen LogP contribution in [0, 0.1) is 5.82 Å². The van der Waals surface area contributed by atoms with Gasteiger partial charge in [-0.2, -0.15) is 0 Å². The number of carbonyl (C=O) groups is 1. The highest BCUT2D eigenvalue weighted by Gasteiger charge is 2.24. The second kappa shape index (κ2) is 9.61. The summed E-state index contributed by atoms with van der Waals surface area (Å²) in [7, 11) is 0. The lowest BCUT2D eigenvalue weighted by atomic mass is 10.1. The Morgan fingerprint density at radius 1 is 1.03 bits per heavy atom. The number of para-hydroxylation sites is 1. The topological polar surface area (TPSA) is 66.3 Å². The summed E-state index contributed by atoms with van der Waals surface area (Å²) >= 11 is 0. The summed E-state index contributed by atoms with van der Waals surface area (Å²) in [6, 6.07) is 18.1. The maximum absolute atomic E-state index is 14.0. The number of urea groups is 1. The van der Waals surface area contributed by atoms with Gasteiger partial charge in [0.05, 0.1) is 12.2 Å². The highest BCUT2D eigenvalue weighted by atomic mass is 19.1. The second-order valence-corrected chi connectivity index (χ2v) is 8.39. The summed E-state index contributed by atoms with van der Waals surface area (Å²) in [5.74, 6) is 0.500. The highest BCUT2D eigenvalue weighted by Crippen LogP contribution is 2.22. The quantitative estimate of drug-likeness (QED) is 0.479. The number of aryl methyl sites for hydroxylation is 1. The number of halogens is 1. The predicted molar refractivity (Wildman–Crippen MR) is 131 cm³/mol. The fraction of sp³-hybridized carbons (Fsp3) is 0.269. The van der Waals surface area contributed by atoms with Gasteiger partial charge in [0.15, 0.2) is 5.65 Å². The van der Waals surface area contributed by atoms with Crippen molar-refractivity contribution in [2.45, 2.75) is 19.9 Å². The van der Waals surface area contributed by atoms with Crippen molar-refractivity contribution in [3.8, 4) is 5.69 Å². The normalized spacial score (nSPS) is 14.5. The zero-order valence-corrected chi connectivity index (χ0v) is 19.1. The van der Waals surface area contributed by atoms with Gasteiger partial charge in [-0.25, -0.2) is 19.2 Å². The van der Waals surface area contributed by atoms with Crippen LogP contribution in [0.3, 0.4) is 0 Å². The Morgan fingerprint density at radius 3 is 2.65 bits per heavy atom. The van der Waals surface area contributed by atoms with Crippen molar-refractivity contribution < 1.29 is 9.18 Å². The molecule has 34 heavy (non-hydrogen) atoms. The Bertz CT molecular complexity index is 1310. The number of piperazine rings is 1. The van der Waals surface area contributed by atoms with Crippen LogP contribution in [0.5, 0.6) is 0 Å². The number of fused-ring (bicyclic) bond motifs is 1. The van der Waals surface area contributed by atoms with Gasteiger partial charge in [-0.05, 0) is 48.4 Å². The van der Waals surface area contributed by atoms with Crippen LogP contribution >= 0.6 is 0 Å². The first-order valence-electron chi connectivity index (χ1n) is 11.6. The van der Waals surface area contributed by atoms with E-state index in [9.17, 15) is 9.18 Å². The van der Waals surface area contributed by atoms with Crippen molar-refractivity contribution >= 4 is 22.9 Å². The lowest BCUT2D eigenvalue weighted by Gasteiger charge is -2.34. The second-order valence-electron chi connectivity index (χ2n) is 8.39. The van der Waals surface area contributed by atoms with E-state index < -0.39 is 0 Å². The number of rotatable bonds is 5. The summed E-state index contributed by atoms with van der Waals surface area (Å²) in [6.07, 6.45) is 2.59. The van der Waals surface area contributed by atoms with Crippen molar-refractivity contribution in [1.29, 1.82) is 0 Å². The van der Waals surface area contributed by atoms with Gasteiger partial charge in [-0.3, -0.25) is 9.47 Å². The smallest absolute Gasteiger partial charge is 0.321 e. The van der Waals surface area contributed by atoms with Crippen LogP contribution in [-0.4, -0.2) is 56.5 Å². The molecule has 0 saturated carbocycles. The summed E-state index contributed by atoms with van der Waals surface area (Å²) < 4.78 is 15.9. The third kappa shape index (κ3) is 4.49. The Labute approximate surface area is 197 Å². The van der Waals surface area contributed by atoms with Crippen LogP contribution in [-0.2, 0) is 13.0 Å². The molecule has 7 nitrogen and oxygen atoms in total. The number of carbonyl (C=O) groups excluding carboxylic acids is 1. The third-order valence-corrected chi connectivity index (χ3v) is 6.22. The van der Waals surface area contributed by atoms with Crippen molar-refractivity contribution in [3.63, 3.8) is 0 Å². The molecule has 2 amide bonds. The van der Waals surface area contributed by atoms with Gasteiger partial charge >= 0.3 is 6.03 Å². The van der Waals surface area contributed by atoms with Gasteiger partial charge in [0.1, 0.15) is 17.2 Å². The number of hydrogen-bond donors (Lipinski definition) is 1. The minimum atomic E-state index is -0.300. The maximum atomic E-state index is 14.0. The summed E-state index contributed by atoms with van der Waals surface area (Å²) in [4.78, 5) is 26.2. The molecule has 0 radical (unpaired) electrons. The fourth-order valence-corrected chi connectivity index (χ4v) is 4.41. The van der Waals surface area contributed by atoms with Crippen LogP contribution in [0.1, 0.15) is 18.3 Å². The first-order valence-corrected chi connectivity index (χ1v) is 11.6. The molecule has 1 saturated heterocycles. The molecule has 5 rings (SSSR count). The van der Waals surface area contributed by atoms with Crippen molar-refractivity contribution in [2.24, 2.45) is 0 Å². The van der Waals surface area contributed by atoms with E-state index in [0.29, 0.717) is 31.0 Å².